The fourth-order valence-corrected chi connectivity index (χ4v) is 7.52. The van der Waals surface area contributed by atoms with E-state index in [1.54, 1.807) is 30.7 Å². The molecule has 2 aliphatic rings. The van der Waals surface area contributed by atoms with Gasteiger partial charge in [-0.3, -0.25) is 14.8 Å². The van der Waals surface area contributed by atoms with Crippen LogP contribution in [0, 0.1) is 0 Å². The van der Waals surface area contributed by atoms with E-state index >= 15 is 0 Å². The predicted octanol–water partition coefficient (Wildman–Crippen LogP) is 5.81. The summed E-state index contributed by atoms with van der Waals surface area (Å²) in [6.45, 7) is 2.24. The first-order valence-corrected chi connectivity index (χ1v) is 19.7. The van der Waals surface area contributed by atoms with E-state index < -0.39 is 12.2 Å². The van der Waals surface area contributed by atoms with Gasteiger partial charge in [0.1, 0.15) is 18.0 Å². The van der Waals surface area contributed by atoms with Crippen molar-refractivity contribution in [1.82, 2.24) is 15.3 Å². The van der Waals surface area contributed by atoms with Gasteiger partial charge >= 0.3 is 5.97 Å². The number of aryl methyl sites for hydroxylation is 2. The molecule has 14 nitrogen and oxygen atoms in total. The molecule has 1 saturated carbocycles. The number of guanidine groups is 1. The highest BCUT2D eigenvalue weighted by atomic mass is 16.6. The van der Waals surface area contributed by atoms with Gasteiger partial charge in [0.05, 0.1) is 18.8 Å². The van der Waals surface area contributed by atoms with E-state index in [1.165, 1.54) is 13.0 Å². The van der Waals surface area contributed by atoms with E-state index in [0.29, 0.717) is 61.7 Å². The van der Waals surface area contributed by atoms with Crippen LogP contribution in [0.4, 0.5) is 5.82 Å². The van der Waals surface area contributed by atoms with Gasteiger partial charge in [0, 0.05) is 63.8 Å². The molecule has 0 amide bonds. The predicted molar refractivity (Wildman–Crippen MR) is 215 cm³/mol. The number of esters is 1. The number of nitrogens with one attached hydrogen (secondary N) is 1. The largest absolute Gasteiger partial charge is 0.504 e. The average Bonchev–Trinajstić information content (AvgIpc) is 3.18. The van der Waals surface area contributed by atoms with Crippen LogP contribution in [0.3, 0.4) is 0 Å². The van der Waals surface area contributed by atoms with Crippen LogP contribution < -0.4 is 26.3 Å². The van der Waals surface area contributed by atoms with Gasteiger partial charge in [0.25, 0.3) is 0 Å². The smallest absolute Gasteiger partial charge is 0.302 e. The highest BCUT2D eigenvalue weighted by Crippen LogP contribution is 2.43. The van der Waals surface area contributed by atoms with E-state index in [-0.39, 0.29) is 53.8 Å². The number of aliphatic imine (C=N–C) groups is 1. The Kier molecular flexibility index (Phi) is 14.3. The fraction of sp³-hybridized carbons (Fsp3) is 0.442. The maximum absolute atomic E-state index is 12.0. The zero-order valence-electron chi connectivity index (χ0n) is 32.4. The number of phenols is 3. The summed E-state index contributed by atoms with van der Waals surface area (Å²) in [5.74, 6) is 0.486. The van der Waals surface area contributed by atoms with E-state index in [4.69, 9.17) is 30.4 Å². The number of hydrogen-bond donors (Lipinski definition) is 6. The van der Waals surface area contributed by atoms with Gasteiger partial charge < -0.3 is 51.1 Å². The Morgan fingerprint density at radius 1 is 0.930 bits per heavy atom. The van der Waals surface area contributed by atoms with E-state index in [1.807, 2.05) is 36.4 Å². The number of carbonyl (C=O) groups is 1. The molecular formula is C43H54N6O8. The molecule has 14 heteroatoms. The van der Waals surface area contributed by atoms with Crippen molar-refractivity contribution >= 4 is 17.7 Å². The van der Waals surface area contributed by atoms with Crippen LogP contribution in [0.25, 0.3) is 0 Å². The first-order chi connectivity index (χ1) is 27.6. The molecule has 8 N–H and O–H groups in total. The molecule has 1 aliphatic carbocycles. The topological polar surface area (TPSA) is 217 Å². The Morgan fingerprint density at radius 2 is 1.79 bits per heavy atom. The third-order valence-electron chi connectivity index (χ3n) is 10.3. The molecule has 3 heterocycles. The van der Waals surface area contributed by atoms with Crippen molar-refractivity contribution in [3.63, 3.8) is 0 Å². The molecule has 0 spiro atoms. The summed E-state index contributed by atoms with van der Waals surface area (Å²) in [7, 11) is 0. The molecule has 0 bridgehead atoms. The minimum atomic E-state index is -0.530. The van der Waals surface area contributed by atoms with E-state index in [9.17, 15) is 20.1 Å². The molecule has 304 valence electrons. The molecule has 1 saturated heterocycles. The van der Waals surface area contributed by atoms with Gasteiger partial charge in [0.15, 0.2) is 29.0 Å². The molecule has 1 aliphatic heterocycles. The second-order valence-corrected chi connectivity index (χ2v) is 14.8. The number of benzene rings is 2. The van der Waals surface area contributed by atoms with E-state index in [2.05, 4.69) is 20.3 Å². The summed E-state index contributed by atoms with van der Waals surface area (Å²) in [5, 5.41) is 35.3. The van der Waals surface area contributed by atoms with Gasteiger partial charge in [-0.2, -0.15) is 0 Å². The average molecular weight is 783 g/mol. The maximum atomic E-state index is 12.0. The number of ether oxygens (including phenoxy) is 4. The Balaban J connectivity index is 1.03. The lowest BCUT2D eigenvalue weighted by molar-refractivity contribution is -0.160. The van der Waals surface area contributed by atoms with Crippen LogP contribution in [-0.2, 0) is 33.5 Å². The van der Waals surface area contributed by atoms with Crippen molar-refractivity contribution in [2.45, 2.75) is 108 Å². The Morgan fingerprint density at radius 3 is 2.60 bits per heavy atom. The van der Waals surface area contributed by atoms with Crippen molar-refractivity contribution in [2.75, 3.05) is 18.9 Å². The van der Waals surface area contributed by atoms with Gasteiger partial charge in [-0.1, -0.05) is 12.1 Å². The number of nitrogen functional groups attached to an aromatic ring is 1. The summed E-state index contributed by atoms with van der Waals surface area (Å²) < 4.78 is 24.5. The number of hydrogen-bond acceptors (Lipinski definition) is 12. The van der Waals surface area contributed by atoms with Crippen molar-refractivity contribution in [2.24, 2.45) is 10.7 Å². The Hall–Kier alpha value is -5.76. The van der Waals surface area contributed by atoms with Crippen LogP contribution in [0.15, 0.2) is 78.2 Å². The maximum Gasteiger partial charge on any atom is 0.302 e. The molecule has 2 aromatic heterocycles. The minimum Gasteiger partial charge on any atom is -0.504 e. The minimum absolute atomic E-state index is 0.0698. The van der Waals surface area contributed by atoms with Crippen molar-refractivity contribution in [1.29, 1.82) is 0 Å². The quantitative estimate of drug-likeness (QED) is 0.0260. The number of pyridine rings is 2. The van der Waals surface area contributed by atoms with Gasteiger partial charge in [0.2, 0.25) is 5.75 Å². The monoisotopic (exact) mass is 782 g/mol. The summed E-state index contributed by atoms with van der Waals surface area (Å²) in [6.07, 6.45) is 11.6. The Bertz CT molecular complexity index is 1960. The first-order valence-electron chi connectivity index (χ1n) is 19.7. The lowest BCUT2D eigenvalue weighted by Crippen LogP contribution is -2.44. The lowest BCUT2D eigenvalue weighted by Gasteiger charge is -2.35. The number of aromatic nitrogens is 2. The molecule has 2 aromatic carbocycles. The van der Waals surface area contributed by atoms with Crippen molar-refractivity contribution in [3.8, 4) is 28.7 Å². The molecule has 4 aromatic rings. The third kappa shape index (κ3) is 12.4. The van der Waals surface area contributed by atoms with Gasteiger partial charge in [-0.25, -0.2) is 4.98 Å². The zero-order valence-corrected chi connectivity index (χ0v) is 32.4. The summed E-state index contributed by atoms with van der Waals surface area (Å²) in [5.41, 5.74) is 15.7. The second-order valence-electron chi connectivity index (χ2n) is 14.8. The Labute approximate surface area is 333 Å². The van der Waals surface area contributed by atoms with Crippen LogP contribution in [-0.4, -0.2) is 74.7 Å². The van der Waals surface area contributed by atoms with Crippen LogP contribution >= 0.6 is 0 Å². The highest BCUT2D eigenvalue weighted by molar-refractivity contribution is 5.78. The van der Waals surface area contributed by atoms with Crippen molar-refractivity contribution < 1.29 is 39.1 Å². The number of rotatable bonds is 16. The van der Waals surface area contributed by atoms with Gasteiger partial charge in [-0.15, -0.1) is 0 Å². The molecule has 5 atom stereocenters. The molecule has 57 heavy (non-hydrogen) atoms. The highest BCUT2D eigenvalue weighted by Gasteiger charge is 2.33. The standard InChI is InChI=1S/C43H54N6O8/c1-27(50)55-35-24-34(56-38(25-35)31-21-37(52)42(53)40(22-31)54-18-14-30-6-3-15-46-26-30)11-9-29-10-12-36(51)39(19-29)57-33-8-2-7-32(23-33)49-43(45)48-16-4-5-28-13-17-47-41(44)20-28/h3,6,10,12-13,15,17,19-22,26,32-35,38,51-53H,2,4-5,7-9,11,14,16,18,23-25H2,1H3,(H2,44,47)(H3,45,48,49)/t32-,33-,34-,35+,38-/m0/s1. The SMILES string of the molecule is CC(=O)O[C@@H]1C[C@H](CCc2ccc(O)c(O[C@H]3CCC[C@H](NC(N)=NCCCc4ccnc(N)c4)C3)c2)O[C@H](c2cc(O)c(O)c(OCCc3cccnc3)c2)C1. The molecular weight excluding hydrogens is 729 g/mol. The number of carbonyl (C=O) groups excluding carboxylic acids is 1. The third-order valence-corrected chi connectivity index (χ3v) is 10.3. The van der Waals surface area contributed by atoms with E-state index in [0.717, 1.165) is 55.2 Å². The van der Waals surface area contributed by atoms with Gasteiger partial charge in [-0.05, 0) is 110 Å². The molecule has 0 radical (unpaired) electrons. The number of nitrogens with zero attached hydrogens (tertiary/aromatic N) is 3. The number of anilines is 1. The first kappa shape index (κ1) is 40.9. The fourth-order valence-electron chi connectivity index (χ4n) is 7.52. The zero-order chi connectivity index (χ0) is 40.1. The summed E-state index contributed by atoms with van der Waals surface area (Å²) in [4.78, 5) is 24.7. The molecule has 6 rings (SSSR count). The lowest BCUT2D eigenvalue weighted by atomic mass is 9.92. The summed E-state index contributed by atoms with van der Waals surface area (Å²) >= 11 is 0. The van der Waals surface area contributed by atoms with Crippen LogP contribution in [0.5, 0.6) is 28.7 Å². The number of aromatic hydroxyl groups is 3. The van der Waals surface area contributed by atoms with Crippen LogP contribution in [0.2, 0.25) is 0 Å². The van der Waals surface area contributed by atoms with Crippen LogP contribution in [0.1, 0.15) is 86.6 Å². The number of nitrogens with two attached hydrogens (primary N) is 2. The second kappa shape index (κ2) is 19.9. The van der Waals surface area contributed by atoms with Crippen molar-refractivity contribution in [3.05, 3.63) is 95.4 Å². The molecule has 0 unspecified atom stereocenters. The molecule has 2 fully saturated rings. The number of phenolic OH excluding ortho intramolecular Hbond substituents is 3. The summed E-state index contributed by atoms with van der Waals surface area (Å²) in [6, 6.07) is 16.2. The normalized spacial score (nSPS) is 21.1.